The number of carboxylic acid groups (broad SMARTS) is 1. The summed E-state index contributed by atoms with van der Waals surface area (Å²) in [4.78, 5) is 9.25. The Morgan fingerprint density at radius 1 is 0.231 bits per heavy atom. The van der Waals surface area contributed by atoms with E-state index in [0.717, 1.165) is 6.08 Å². The van der Waals surface area contributed by atoms with Gasteiger partial charge in [0.1, 0.15) is 0 Å². The largest absolute Gasteiger partial charge is 0.478 e. The van der Waals surface area contributed by atoms with Gasteiger partial charge < -0.3 is 5.11 Å². The van der Waals surface area contributed by atoms with E-state index in [4.69, 9.17) is 5.11 Å². The number of hydrogen-bond acceptors (Lipinski definition) is 1. The van der Waals surface area contributed by atoms with Gasteiger partial charge >= 0.3 is 5.97 Å². The van der Waals surface area contributed by atoms with Crippen LogP contribution in [-0.2, 0) is 4.79 Å². The molecule has 0 rings (SSSR count). The summed E-state index contributed by atoms with van der Waals surface area (Å²) in [6, 6.07) is 0. The zero-order valence-electron chi connectivity index (χ0n) is 48.6. The standard InChI is InChI=1S/6C10H22.C3H4O2/c6*1-3-5-7-9-10-8-6-4-2;1-2-3(4)5/h6*3-10H2,1-2H3;2H,1H2,(H,4,5). The molecule has 0 fully saturated rings. The number of unbranched alkanes of at least 4 members (excludes halogenated alkanes) is 42. The molecule has 1 N–H and O–H groups in total. The molecule has 0 saturated carbocycles. The highest BCUT2D eigenvalue weighted by Gasteiger charge is 1.92. The lowest BCUT2D eigenvalue weighted by atomic mass is 10.1. The van der Waals surface area contributed by atoms with E-state index in [1.807, 2.05) is 0 Å². The molecule has 0 unspecified atom stereocenters. The number of rotatable bonds is 43. The third-order valence-corrected chi connectivity index (χ3v) is 11.9. The molecule has 2 heteroatoms. The second kappa shape index (κ2) is 93.3. The van der Waals surface area contributed by atoms with Gasteiger partial charge in [-0.2, -0.15) is 0 Å². The van der Waals surface area contributed by atoms with Crippen molar-refractivity contribution in [3.8, 4) is 0 Å². The van der Waals surface area contributed by atoms with Gasteiger partial charge in [0, 0.05) is 6.08 Å². The molecule has 0 atom stereocenters. The van der Waals surface area contributed by atoms with Crippen molar-refractivity contribution in [3.63, 3.8) is 0 Å². The van der Waals surface area contributed by atoms with Gasteiger partial charge in [-0.3, -0.25) is 0 Å². The van der Waals surface area contributed by atoms with Crippen LogP contribution >= 0.6 is 0 Å². The van der Waals surface area contributed by atoms with Crippen LogP contribution in [-0.4, -0.2) is 11.1 Å². The minimum atomic E-state index is -0.981. The van der Waals surface area contributed by atoms with Crippen molar-refractivity contribution in [3.05, 3.63) is 12.7 Å². The molecule has 65 heavy (non-hydrogen) atoms. The fourth-order valence-corrected chi connectivity index (χ4v) is 7.24. The molecule has 0 radical (unpaired) electrons. The van der Waals surface area contributed by atoms with Gasteiger partial charge in [0.25, 0.3) is 0 Å². The van der Waals surface area contributed by atoms with Crippen LogP contribution in [0.15, 0.2) is 12.7 Å². The summed E-state index contributed by atoms with van der Waals surface area (Å²) >= 11 is 0. The second-order valence-corrected chi connectivity index (χ2v) is 19.3. The van der Waals surface area contributed by atoms with Crippen molar-refractivity contribution in [1.82, 2.24) is 0 Å². The molecule has 0 spiro atoms. The van der Waals surface area contributed by atoms with E-state index in [0.29, 0.717) is 0 Å². The molecule has 2 nitrogen and oxygen atoms in total. The zero-order chi connectivity index (χ0) is 50.2. The highest BCUT2D eigenvalue weighted by atomic mass is 16.4. The number of carboxylic acids is 1. The first kappa shape index (κ1) is 78.4. The van der Waals surface area contributed by atoms with Crippen LogP contribution in [0.2, 0.25) is 0 Å². The number of carbonyl (C=O) groups is 1. The van der Waals surface area contributed by atoms with E-state index >= 15 is 0 Å². The van der Waals surface area contributed by atoms with Crippen LogP contribution < -0.4 is 0 Å². The van der Waals surface area contributed by atoms with Crippen molar-refractivity contribution in [2.24, 2.45) is 0 Å². The Morgan fingerprint density at radius 3 is 0.338 bits per heavy atom. The summed E-state index contributed by atoms with van der Waals surface area (Å²) < 4.78 is 0. The maximum atomic E-state index is 9.25. The zero-order valence-corrected chi connectivity index (χ0v) is 48.6. The van der Waals surface area contributed by atoms with Crippen LogP contribution in [0.1, 0.15) is 391 Å². The predicted molar refractivity (Wildman–Crippen MR) is 308 cm³/mol. The average Bonchev–Trinajstić information content (AvgIpc) is 3.32. The minimum absolute atomic E-state index is 0.833. The van der Waals surface area contributed by atoms with Gasteiger partial charge in [0.2, 0.25) is 0 Å². The molecule has 400 valence electrons. The molecule has 0 heterocycles. The predicted octanol–water partition coefficient (Wildman–Crippen LogP) is 25.1. The van der Waals surface area contributed by atoms with E-state index in [1.54, 1.807) is 0 Å². The maximum absolute atomic E-state index is 9.25. The van der Waals surface area contributed by atoms with Crippen LogP contribution in [0.25, 0.3) is 0 Å². The normalized spacial score (nSPS) is 9.91. The maximum Gasteiger partial charge on any atom is 0.327 e. The van der Waals surface area contributed by atoms with Crippen molar-refractivity contribution >= 4 is 5.97 Å². The van der Waals surface area contributed by atoms with Crippen LogP contribution in [0.4, 0.5) is 0 Å². The molecular weight excluding hydrogens is 789 g/mol. The van der Waals surface area contributed by atoms with E-state index in [2.05, 4.69) is 89.7 Å². The molecule has 0 aromatic carbocycles. The smallest absolute Gasteiger partial charge is 0.327 e. The summed E-state index contributed by atoms with van der Waals surface area (Å²) in [5.41, 5.74) is 0. The molecule has 0 aliphatic carbocycles. The third-order valence-electron chi connectivity index (χ3n) is 11.9. The Balaban J connectivity index is -0.000000122. The Kier molecular flexibility index (Phi) is 112. The molecule has 0 aromatic heterocycles. The van der Waals surface area contributed by atoms with E-state index in [1.165, 1.54) is 308 Å². The summed E-state index contributed by atoms with van der Waals surface area (Å²) in [6.45, 7) is 30.2. The highest BCUT2D eigenvalue weighted by Crippen LogP contribution is 2.11. The molecule has 0 aliphatic rings. The van der Waals surface area contributed by atoms with Crippen molar-refractivity contribution in [2.45, 2.75) is 391 Å². The Hall–Kier alpha value is -0.790. The fourth-order valence-electron chi connectivity index (χ4n) is 7.24. The van der Waals surface area contributed by atoms with Gasteiger partial charge in [0.05, 0.1) is 0 Å². The minimum Gasteiger partial charge on any atom is -0.478 e. The average molecular weight is 926 g/mol. The molecule has 0 saturated heterocycles. The summed E-state index contributed by atoms with van der Waals surface area (Å²) in [5.74, 6) is -0.981. The van der Waals surface area contributed by atoms with E-state index in [9.17, 15) is 4.79 Å². The molecular formula is C63H136O2. The molecule has 0 amide bonds. The van der Waals surface area contributed by atoms with Crippen LogP contribution in [0, 0.1) is 0 Å². The van der Waals surface area contributed by atoms with Gasteiger partial charge in [0.15, 0.2) is 0 Å². The highest BCUT2D eigenvalue weighted by molar-refractivity contribution is 5.78. The first-order valence-electron chi connectivity index (χ1n) is 30.6. The Labute approximate surface area is 418 Å². The molecule has 0 aromatic rings. The van der Waals surface area contributed by atoms with Gasteiger partial charge in [-0.15, -0.1) is 0 Å². The number of aliphatic carboxylic acids is 1. The number of hydrogen-bond donors (Lipinski definition) is 1. The first-order valence-corrected chi connectivity index (χ1v) is 30.6. The lowest BCUT2D eigenvalue weighted by Crippen LogP contribution is -1.82. The first-order chi connectivity index (χ1) is 31.8. The topological polar surface area (TPSA) is 37.3 Å². The van der Waals surface area contributed by atoms with Crippen LogP contribution in [0.3, 0.4) is 0 Å². The summed E-state index contributed by atoms with van der Waals surface area (Å²) in [6.07, 6.45) is 69.6. The monoisotopic (exact) mass is 925 g/mol. The quantitative estimate of drug-likeness (QED) is 0.0489. The van der Waals surface area contributed by atoms with Gasteiger partial charge in [-0.05, 0) is 0 Å². The summed E-state index contributed by atoms with van der Waals surface area (Å²) in [7, 11) is 0. The third kappa shape index (κ3) is 127. The Bertz CT molecular complexity index is 500. The summed E-state index contributed by atoms with van der Waals surface area (Å²) in [5, 5.41) is 7.60. The fraction of sp³-hybridized carbons (Fsp3) is 0.952. The van der Waals surface area contributed by atoms with Crippen molar-refractivity contribution in [1.29, 1.82) is 0 Å². The molecule has 0 bridgehead atoms. The lowest BCUT2D eigenvalue weighted by molar-refractivity contribution is -0.131. The van der Waals surface area contributed by atoms with E-state index < -0.39 is 5.97 Å². The second-order valence-electron chi connectivity index (χ2n) is 19.3. The van der Waals surface area contributed by atoms with Crippen molar-refractivity contribution < 1.29 is 9.90 Å². The van der Waals surface area contributed by atoms with E-state index in [-0.39, 0.29) is 0 Å². The SMILES string of the molecule is C=CC(=O)O.CCCCCCCCCC.CCCCCCCCCC.CCCCCCCCCC.CCCCCCCCCC.CCCCCCCCCC.CCCCCCCCCC. The molecule has 0 aliphatic heterocycles. The Morgan fingerprint density at radius 2 is 0.292 bits per heavy atom. The van der Waals surface area contributed by atoms with Crippen molar-refractivity contribution in [2.75, 3.05) is 0 Å². The van der Waals surface area contributed by atoms with Gasteiger partial charge in [-0.1, -0.05) is 398 Å². The lowest BCUT2D eigenvalue weighted by Gasteiger charge is -1.97. The van der Waals surface area contributed by atoms with Gasteiger partial charge in [-0.25, -0.2) is 4.79 Å². The van der Waals surface area contributed by atoms with Crippen LogP contribution in [0.5, 0.6) is 0 Å².